The average Bonchev–Trinajstić information content (AvgIpc) is 3.40. The van der Waals surface area contributed by atoms with Crippen molar-refractivity contribution in [2.45, 2.75) is 70.9 Å². The molecule has 202 valence electrons. The second-order valence-corrected chi connectivity index (χ2v) is 10.8. The molecular formula is C26H35N9O3. The van der Waals surface area contributed by atoms with Crippen molar-refractivity contribution in [1.82, 2.24) is 30.4 Å². The molecule has 38 heavy (non-hydrogen) atoms. The average molecular weight is 522 g/mol. The third-order valence-corrected chi connectivity index (χ3v) is 6.47. The molecule has 0 aromatic carbocycles. The molecule has 2 aliphatic rings. The Kier molecular flexibility index (Phi) is 8.55. The Bertz CT molecular complexity index is 1170. The van der Waals surface area contributed by atoms with Gasteiger partial charge in [-0.05, 0) is 52.4 Å². The van der Waals surface area contributed by atoms with E-state index in [1.165, 1.54) is 12.4 Å². The van der Waals surface area contributed by atoms with Crippen molar-refractivity contribution >= 4 is 29.3 Å². The van der Waals surface area contributed by atoms with Crippen LogP contribution in [0.15, 0.2) is 18.5 Å². The molecule has 1 aliphatic carbocycles. The molecule has 12 heteroatoms. The fourth-order valence-electron chi connectivity index (χ4n) is 4.64. The Morgan fingerprint density at radius 2 is 1.89 bits per heavy atom. The molecule has 3 heterocycles. The monoisotopic (exact) mass is 521 g/mol. The number of amides is 2. The van der Waals surface area contributed by atoms with Crippen LogP contribution in [-0.4, -0.2) is 68.3 Å². The molecule has 0 bridgehead atoms. The Labute approximate surface area is 222 Å². The normalized spacial score (nSPS) is 17.9. The van der Waals surface area contributed by atoms with Crippen molar-refractivity contribution in [1.29, 1.82) is 5.26 Å². The fraction of sp³-hybridized carbons (Fsp3) is 0.577. The van der Waals surface area contributed by atoms with E-state index in [4.69, 9.17) is 10.00 Å². The molecule has 1 saturated carbocycles. The Morgan fingerprint density at radius 3 is 2.58 bits per heavy atom. The molecule has 1 saturated heterocycles. The lowest BCUT2D eigenvalue weighted by molar-refractivity contribution is 0.0172. The zero-order chi connectivity index (χ0) is 27.1. The topological polar surface area (TPSA) is 158 Å². The molecule has 12 nitrogen and oxygen atoms in total. The summed E-state index contributed by atoms with van der Waals surface area (Å²) in [5, 5.41) is 26.8. The maximum atomic E-state index is 13.1. The minimum Gasteiger partial charge on any atom is -0.444 e. The van der Waals surface area contributed by atoms with E-state index in [1.54, 1.807) is 11.0 Å². The highest BCUT2D eigenvalue weighted by Crippen LogP contribution is 2.24. The van der Waals surface area contributed by atoms with E-state index in [9.17, 15) is 9.59 Å². The quantitative estimate of drug-likeness (QED) is 0.491. The van der Waals surface area contributed by atoms with Gasteiger partial charge in [-0.3, -0.25) is 4.79 Å². The number of aromatic nitrogens is 4. The lowest BCUT2D eigenvalue weighted by Crippen LogP contribution is -2.44. The summed E-state index contributed by atoms with van der Waals surface area (Å²) in [7, 11) is 0. The summed E-state index contributed by atoms with van der Waals surface area (Å²) >= 11 is 0. The lowest BCUT2D eigenvalue weighted by Gasteiger charge is -2.34. The van der Waals surface area contributed by atoms with Crippen LogP contribution in [0.2, 0.25) is 0 Å². The second kappa shape index (κ2) is 12.0. The van der Waals surface area contributed by atoms with Gasteiger partial charge in [0.1, 0.15) is 17.5 Å². The number of nitrogens with zero attached hydrogens (tertiary/aromatic N) is 6. The van der Waals surface area contributed by atoms with Gasteiger partial charge in [0.15, 0.2) is 17.2 Å². The SMILES string of the molecule is CC(C)(C)OC(=O)N1CCCC(CNc2cc(Nc3cnc(C#N)cn3)nnc2C(=O)NC2CCCC2)C1. The number of hydrogen-bond donors (Lipinski definition) is 3. The smallest absolute Gasteiger partial charge is 0.410 e. The second-order valence-electron chi connectivity index (χ2n) is 10.8. The number of carbonyl (C=O) groups is 2. The highest BCUT2D eigenvalue weighted by molar-refractivity contribution is 5.98. The highest BCUT2D eigenvalue weighted by Gasteiger charge is 2.28. The molecule has 4 rings (SSSR count). The number of nitriles is 1. The van der Waals surface area contributed by atoms with Crippen LogP contribution in [-0.2, 0) is 4.74 Å². The zero-order valence-corrected chi connectivity index (χ0v) is 22.2. The van der Waals surface area contributed by atoms with Gasteiger partial charge < -0.3 is 25.6 Å². The summed E-state index contributed by atoms with van der Waals surface area (Å²) in [6, 6.07) is 3.79. The summed E-state index contributed by atoms with van der Waals surface area (Å²) in [5.74, 6) is 0.683. The Balaban J connectivity index is 1.47. The van der Waals surface area contributed by atoms with Crippen molar-refractivity contribution in [3.8, 4) is 6.07 Å². The molecule has 1 atom stereocenters. The minimum atomic E-state index is -0.546. The molecular weight excluding hydrogens is 486 g/mol. The van der Waals surface area contributed by atoms with E-state index >= 15 is 0 Å². The van der Waals surface area contributed by atoms with Gasteiger partial charge in [-0.15, -0.1) is 10.2 Å². The van der Waals surface area contributed by atoms with Crippen LogP contribution in [0.3, 0.4) is 0 Å². The lowest BCUT2D eigenvalue weighted by atomic mass is 9.98. The maximum Gasteiger partial charge on any atom is 0.410 e. The standard InChI is InChI=1S/C26H35N9O3/c1-26(2,3)38-25(37)35-10-6-7-17(16-35)13-29-20-11-21(32-22-15-28-19(12-27)14-30-22)33-34-23(20)24(36)31-18-8-4-5-9-18/h11,14-15,17-18H,4-10,13,16H2,1-3H3,(H,31,36)(H2,29,30,32,33). The van der Waals surface area contributed by atoms with Crippen LogP contribution in [0.1, 0.15) is 75.5 Å². The Hall–Kier alpha value is -4.01. The van der Waals surface area contributed by atoms with Crippen molar-refractivity contribution in [3.63, 3.8) is 0 Å². The molecule has 2 amide bonds. The maximum absolute atomic E-state index is 13.1. The third kappa shape index (κ3) is 7.50. The first-order valence-electron chi connectivity index (χ1n) is 13.1. The van der Waals surface area contributed by atoms with Gasteiger partial charge in [0.05, 0.1) is 18.1 Å². The summed E-state index contributed by atoms with van der Waals surface area (Å²) < 4.78 is 5.55. The number of rotatable bonds is 7. The largest absolute Gasteiger partial charge is 0.444 e. The van der Waals surface area contributed by atoms with Crippen molar-refractivity contribution in [3.05, 3.63) is 29.8 Å². The van der Waals surface area contributed by atoms with E-state index in [0.717, 1.165) is 38.5 Å². The van der Waals surface area contributed by atoms with Gasteiger partial charge >= 0.3 is 6.09 Å². The summed E-state index contributed by atoms with van der Waals surface area (Å²) in [5.41, 5.74) is 0.410. The van der Waals surface area contributed by atoms with Crippen molar-refractivity contribution in [2.75, 3.05) is 30.3 Å². The van der Waals surface area contributed by atoms with Crippen molar-refractivity contribution in [2.24, 2.45) is 5.92 Å². The molecule has 0 radical (unpaired) electrons. The van der Waals surface area contributed by atoms with Crippen LogP contribution in [0, 0.1) is 17.2 Å². The van der Waals surface area contributed by atoms with Gasteiger partial charge in [0.25, 0.3) is 5.91 Å². The summed E-state index contributed by atoms with van der Waals surface area (Å²) in [6.45, 7) is 7.35. The van der Waals surface area contributed by atoms with Gasteiger partial charge in [0, 0.05) is 31.7 Å². The molecule has 3 N–H and O–H groups in total. The van der Waals surface area contributed by atoms with Gasteiger partial charge in [0.2, 0.25) is 0 Å². The predicted molar refractivity (Wildman–Crippen MR) is 141 cm³/mol. The van der Waals surface area contributed by atoms with E-state index in [2.05, 4.69) is 36.1 Å². The van der Waals surface area contributed by atoms with Crippen LogP contribution in [0.4, 0.5) is 22.1 Å². The first-order valence-corrected chi connectivity index (χ1v) is 13.1. The highest BCUT2D eigenvalue weighted by atomic mass is 16.6. The van der Waals surface area contributed by atoms with Crippen molar-refractivity contribution < 1.29 is 14.3 Å². The van der Waals surface area contributed by atoms with Gasteiger partial charge in [-0.2, -0.15) is 5.26 Å². The Morgan fingerprint density at radius 1 is 1.11 bits per heavy atom. The zero-order valence-electron chi connectivity index (χ0n) is 22.2. The molecule has 2 aromatic rings. The molecule has 0 spiro atoms. The number of carbonyl (C=O) groups excluding carboxylic acids is 2. The van der Waals surface area contributed by atoms with E-state index in [1.807, 2.05) is 26.8 Å². The minimum absolute atomic E-state index is 0.143. The number of likely N-dealkylation sites (tertiary alicyclic amines) is 1. The molecule has 1 aliphatic heterocycles. The summed E-state index contributed by atoms with van der Waals surface area (Å²) in [6.07, 6.45) is 8.43. The number of nitrogens with one attached hydrogen (secondary N) is 3. The third-order valence-electron chi connectivity index (χ3n) is 6.47. The number of hydrogen-bond acceptors (Lipinski definition) is 10. The first-order chi connectivity index (χ1) is 18.2. The molecule has 1 unspecified atom stereocenters. The van der Waals surface area contributed by atoms with Crippen LogP contribution < -0.4 is 16.0 Å². The van der Waals surface area contributed by atoms with Crippen LogP contribution in [0.25, 0.3) is 0 Å². The number of piperidine rings is 1. The van der Waals surface area contributed by atoms with E-state index in [0.29, 0.717) is 37.0 Å². The molecule has 2 fully saturated rings. The van der Waals surface area contributed by atoms with Crippen LogP contribution in [0.5, 0.6) is 0 Å². The number of ether oxygens (including phenoxy) is 1. The van der Waals surface area contributed by atoms with Gasteiger partial charge in [-0.25, -0.2) is 14.8 Å². The van der Waals surface area contributed by atoms with E-state index < -0.39 is 5.60 Å². The predicted octanol–water partition coefficient (Wildman–Crippen LogP) is 3.61. The first kappa shape index (κ1) is 27.0. The van der Waals surface area contributed by atoms with E-state index in [-0.39, 0.29) is 35.3 Å². The molecule has 2 aromatic heterocycles. The number of anilines is 3. The fourth-order valence-corrected chi connectivity index (χ4v) is 4.64. The van der Waals surface area contributed by atoms with Gasteiger partial charge in [-0.1, -0.05) is 12.8 Å². The summed E-state index contributed by atoms with van der Waals surface area (Å²) in [4.78, 5) is 35.6. The van der Waals surface area contributed by atoms with Crippen LogP contribution >= 0.6 is 0 Å².